The van der Waals surface area contributed by atoms with E-state index in [1.54, 1.807) is 0 Å². The molecule has 0 bridgehead atoms. The molecule has 0 heteroatoms. The highest BCUT2D eigenvalue weighted by molar-refractivity contribution is 4.78. The molecule has 0 radical (unpaired) electrons. The molecule has 0 saturated carbocycles. The molecule has 0 heterocycles. The lowest BCUT2D eigenvalue weighted by Gasteiger charge is -2.33. The van der Waals surface area contributed by atoms with Gasteiger partial charge in [-0.25, -0.2) is 0 Å². The van der Waals surface area contributed by atoms with Crippen molar-refractivity contribution < 1.29 is 0 Å². The molecule has 0 aromatic heterocycles. The van der Waals surface area contributed by atoms with Gasteiger partial charge in [0.1, 0.15) is 0 Å². The molecule has 0 spiro atoms. The van der Waals surface area contributed by atoms with Crippen LogP contribution in [0.2, 0.25) is 0 Å². The Balaban J connectivity index is 4.15. The molecule has 0 aromatic rings. The second-order valence-electron chi connectivity index (χ2n) is 6.22. The summed E-state index contributed by atoms with van der Waals surface area (Å²) in [6, 6.07) is 0. The zero-order valence-electron chi connectivity index (χ0n) is 13.7. The van der Waals surface area contributed by atoms with Crippen LogP contribution in [-0.4, -0.2) is 0 Å². The van der Waals surface area contributed by atoms with Crippen molar-refractivity contribution in [1.29, 1.82) is 0 Å². The maximum Gasteiger partial charge on any atom is -0.0300 e. The van der Waals surface area contributed by atoms with Crippen molar-refractivity contribution in [2.45, 2.75) is 111 Å². The number of unbranched alkanes of at least 4 members (excludes halogenated alkanes) is 6. The van der Waals surface area contributed by atoms with Crippen LogP contribution in [0.4, 0.5) is 0 Å². The molecular formula is C18H38. The first-order valence-electron chi connectivity index (χ1n) is 8.74. The van der Waals surface area contributed by atoms with E-state index in [0.29, 0.717) is 5.41 Å². The summed E-state index contributed by atoms with van der Waals surface area (Å²) in [6.07, 6.45) is 18.7. The first-order chi connectivity index (χ1) is 8.74. The van der Waals surface area contributed by atoms with E-state index in [1.165, 1.54) is 83.5 Å². The normalized spacial score (nSPS) is 14.7. The van der Waals surface area contributed by atoms with Crippen molar-refractivity contribution >= 4 is 0 Å². The van der Waals surface area contributed by atoms with Gasteiger partial charge in [0.25, 0.3) is 0 Å². The van der Waals surface area contributed by atoms with Crippen LogP contribution in [0, 0.1) is 5.41 Å². The van der Waals surface area contributed by atoms with Gasteiger partial charge in [0, 0.05) is 0 Å². The average Bonchev–Trinajstić information content (AvgIpc) is 2.40. The van der Waals surface area contributed by atoms with E-state index in [2.05, 4.69) is 27.7 Å². The first kappa shape index (κ1) is 18.0. The molecule has 0 rings (SSSR count). The standard InChI is InChI=1S/C18H38/c1-5-9-12-14-17-18(8-4,15-11-7-3)16-13-10-6-2/h5-17H2,1-4H3. The molecule has 0 aliphatic carbocycles. The molecule has 0 aromatic carbocycles. The van der Waals surface area contributed by atoms with E-state index in [0.717, 1.165) is 0 Å². The molecule has 0 N–H and O–H groups in total. The summed E-state index contributed by atoms with van der Waals surface area (Å²) in [6.45, 7) is 9.40. The van der Waals surface area contributed by atoms with Crippen molar-refractivity contribution in [2.75, 3.05) is 0 Å². The van der Waals surface area contributed by atoms with E-state index in [1.807, 2.05) is 0 Å². The van der Waals surface area contributed by atoms with Crippen LogP contribution in [0.25, 0.3) is 0 Å². The third kappa shape index (κ3) is 8.16. The highest BCUT2D eigenvalue weighted by Crippen LogP contribution is 2.39. The van der Waals surface area contributed by atoms with Crippen LogP contribution in [0.1, 0.15) is 111 Å². The summed E-state index contributed by atoms with van der Waals surface area (Å²) >= 11 is 0. The van der Waals surface area contributed by atoms with E-state index in [9.17, 15) is 0 Å². The molecule has 0 saturated heterocycles. The number of hydrogen-bond acceptors (Lipinski definition) is 0. The Hall–Kier alpha value is 0. The van der Waals surface area contributed by atoms with Crippen LogP contribution >= 0.6 is 0 Å². The van der Waals surface area contributed by atoms with Gasteiger partial charge in [0.05, 0.1) is 0 Å². The lowest BCUT2D eigenvalue weighted by molar-refractivity contribution is 0.188. The molecule has 1 atom stereocenters. The maximum absolute atomic E-state index is 2.43. The SMILES string of the molecule is CCCCCCC(CC)(CCCC)CCCCC. The van der Waals surface area contributed by atoms with Crippen LogP contribution in [-0.2, 0) is 0 Å². The number of rotatable bonds is 13. The van der Waals surface area contributed by atoms with Crippen molar-refractivity contribution in [3.63, 3.8) is 0 Å². The Labute approximate surface area is 117 Å². The zero-order chi connectivity index (χ0) is 13.7. The highest BCUT2D eigenvalue weighted by atomic mass is 14.3. The van der Waals surface area contributed by atoms with Crippen molar-refractivity contribution in [3.8, 4) is 0 Å². The number of hydrogen-bond donors (Lipinski definition) is 0. The monoisotopic (exact) mass is 254 g/mol. The van der Waals surface area contributed by atoms with Gasteiger partial charge in [0.15, 0.2) is 0 Å². The minimum absolute atomic E-state index is 0.693. The van der Waals surface area contributed by atoms with Crippen LogP contribution in [0.15, 0.2) is 0 Å². The molecule has 110 valence electrons. The third-order valence-corrected chi connectivity index (χ3v) is 4.68. The molecule has 18 heavy (non-hydrogen) atoms. The van der Waals surface area contributed by atoms with Gasteiger partial charge in [-0.05, 0) is 24.7 Å². The summed E-state index contributed by atoms with van der Waals surface area (Å²) in [4.78, 5) is 0. The predicted octanol–water partition coefficient (Wildman–Crippen LogP) is 7.12. The van der Waals surface area contributed by atoms with Crippen LogP contribution in [0.3, 0.4) is 0 Å². The van der Waals surface area contributed by atoms with E-state index >= 15 is 0 Å². The van der Waals surface area contributed by atoms with Gasteiger partial charge < -0.3 is 0 Å². The van der Waals surface area contributed by atoms with E-state index < -0.39 is 0 Å². The summed E-state index contributed by atoms with van der Waals surface area (Å²) < 4.78 is 0. The summed E-state index contributed by atoms with van der Waals surface area (Å²) in [7, 11) is 0. The molecule has 0 amide bonds. The Kier molecular flexibility index (Phi) is 12.1. The quantitative estimate of drug-likeness (QED) is 0.307. The van der Waals surface area contributed by atoms with Gasteiger partial charge in [-0.1, -0.05) is 91.9 Å². The Morgan fingerprint density at radius 1 is 0.500 bits per heavy atom. The van der Waals surface area contributed by atoms with Gasteiger partial charge in [-0.15, -0.1) is 0 Å². The average molecular weight is 255 g/mol. The second-order valence-corrected chi connectivity index (χ2v) is 6.22. The minimum atomic E-state index is 0.693. The van der Waals surface area contributed by atoms with Gasteiger partial charge in [-0.3, -0.25) is 0 Å². The topological polar surface area (TPSA) is 0 Å². The molecule has 0 fully saturated rings. The Morgan fingerprint density at radius 3 is 1.44 bits per heavy atom. The fourth-order valence-electron chi connectivity index (χ4n) is 3.13. The minimum Gasteiger partial charge on any atom is -0.0654 e. The summed E-state index contributed by atoms with van der Waals surface area (Å²) in [5.41, 5.74) is 0.693. The van der Waals surface area contributed by atoms with Gasteiger partial charge >= 0.3 is 0 Å². The van der Waals surface area contributed by atoms with Gasteiger partial charge in [-0.2, -0.15) is 0 Å². The first-order valence-corrected chi connectivity index (χ1v) is 8.74. The summed E-state index contributed by atoms with van der Waals surface area (Å²) in [5.74, 6) is 0. The molecular weight excluding hydrogens is 216 g/mol. The van der Waals surface area contributed by atoms with Crippen LogP contribution < -0.4 is 0 Å². The molecule has 0 nitrogen and oxygen atoms in total. The molecule has 1 unspecified atom stereocenters. The van der Waals surface area contributed by atoms with E-state index in [4.69, 9.17) is 0 Å². The largest absolute Gasteiger partial charge is 0.0654 e. The second kappa shape index (κ2) is 12.1. The molecule has 0 aliphatic rings. The Bertz CT molecular complexity index is 161. The van der Waals surface area contributed by atoms with Crippen LogP contribution in [0.5, 0.6) is 0 Å². The maximum atomic E-state index is 2.43. The Morgan fingerprint density at radius 2 is 0.944 bits per heavy atom. The van der Waals surface area contributed by atoms with Crippen molar-refractivity contribution in [1.82, 2.24) is 0 Å². The van der Waals surface area contributed by atoms with E-state index in [-0.39, 0.29) is 0 Å². The highest BCUT2D eigenvalue weighted by Gasteiger charge is 2.26. The zero-order valence-corrected chi connectivity index (χ0v) is 13.7. The fraction of sp³-hybridized carbons (Fsp3) is 1.00. The fourth-order valence-corrected chi connectivity index (χ4v) is 3.13. The molecule has 0 aliphatic heterocycles. The third-order valence-electron chi connectivity index (χ3n) is 4.68. The van der Waals surface area contributed by atoms with Crippen molar-refractivity contribution in [3.05, 3.63) is 0 Å². The summed E-state index contributed by atoms with van der Waals surface area (Å²) in [5, 5.41) is 0. The van der Waals surface area contributed by atoms with Crippen molar-refractivity contribution in [2.24, 2.45) is 5.41 Å². The smallest absolute Gasteiger partial charge is 0.0300 e. The predicted molar refractivity (Wildman–Crippen MR) is 85.2 cm³/mol. The lowest BCUT2D eigenvalue weighted by atomic mass is 9.72. The van der Waals surface area contributed by atoms with Gasteiger partial charge in [0.2, 0.25) is 0 Å². The lowest BCUT2D eigenvalue weighted by Crippen LogP contribution is -2.20.